The van der Waals surface area contributed by atoms with Gasteiger partial charge in [0.25, 0.3) is 0 Å². The fourth-order valence-corrected chi connectivity index (χ4v) is 3.07. The second-order valence-corrected chi connectivity index (χ2v) is 7.45. The molecular weight excluding hydrogens is 406 g/mol. The van der Waals surface area contributed by atoms with Crippen molar-refractivity contribution in [2.45, 2.75) is 26.3 Å². The van der Waals surface area contributed by atoms with Crippen molar-refractivity contribution in [1.82, 2.24) is 10.2 Å². The van der Waals surface area contributed by atoms with Crippen molar-refractivity contribution in [3.05, 3.63) is 58.6 Å². The van der Waals surface area contributed by atoms with Gasteiger partial charge in [0.2, 0.25) is 17.7 Å². The van der Waals surface area contributed by atoms with Crippen LogP contribution in [-0.4, -0.2) is 43.3 Å². The van der Waals surface area contributed by atoms with Gasteiger partial charge in [-0.15, -0.1) is 0 Å². The van der Waals surface area contributed by atoms with E-state index in [9.17, 15) is 14.4 Å². The van der Waals surface area contributed by atoms with E-state index in [1.54, 1.807) is 18.2 Å². The fraction of sp³-hybridized carbons (Fsp3) is 0.318. The second kappa shape index (κ2) is 10.6. The average molecular weight is 432 g/mol. The molecule has 1 unspecified atom stereocenters. The number of carbonyl (C=O) groups is 3. The molecule has 0 heterocycles. The van der Waals surface area contributed by atoms with Crippen molar-refractivity contribution in [2.75, 3.05) is 26.0 Å². The zero-order chi connectivity index (χ0) is 22.3. The van der Waals surface area contributed by atoms with Gasteiger partial charge in [-0.1, -0.05) is 41.4 Å². The minimum atomic E-state index is -0.478. The molecule has 0 aromatic heterocycles. The van der Waals surface area contributed by atoms with Gasteiger partial charge in [-0.05, 0) is 30.7 Å². The van der Waals surface area contributed by atoms with Gasteiger partial charge in [-0.3, -0.25) is 14.4 Å². The summed E-state index contributed by atoms with van der Waals surface area (Å²) in [5.41, 5.74) is 2.33. The molecular formula is C22H26ClN3O4. The standard InChI is InChI=1S/C22H26ClN3O4/c1-14-5-7-16(8-6-14)18(24-15(2)27)12-22(29)26(3)13-21(28)25-19-11-17(23)9-10-20(19)30-4/h5-11,18H,12-13H2,1-4H3,(H,24,27)(H,25,28). The minimum absolute atomic E-state index is 0.0346. The highest BCUT2D eigenvalue weighted by Crippen LogP contribution is 2.27. The molecule has 2 aromatic rings. The van der Waals surface area contributed by atoms with E-state index in [1.165, 1.54) is 26.0 Å². The van der Waals surface area contributed by atoms with E-state index in [0.29, 0.717) is 16.5 Å². The van der Waals surface area contributed by atoms with E-state index in [1.807, 2.05) is 31.2 Å². The van der Waals surface area contributed by atoms with Crippen molar-refractivity contribution in [1.29, 1.82) is 0 Å². The van der Waals surface area contributed by atoms with Crippen LogP contribution in [-0.2, 0) is 14.4 Å². The molecule has 0 saturated carbocycles. The first-order valence-corrected chi connectivity index (χ1v) is 9.78. The van der Waals surface area contributed by atoms with Crippen LogP contribution in [0.5, 0.6) is 5.75 Å². The molecule has 0 spiro atoms. The molecule has 0 aliphatic carbocycles. The number of likely N-dealkylation sites (N-methyl/N-ethyl adjacent to an activating group) is 1. The Morgan fingerprint density at radius 2 is 1.80 bits per heavy atom. The Morgan fingerprint density at radius 3 is 2.40 bits per heavy atom. The van der Waals surface area contributed by atoms with Crippen LogP contribution in [0.2, 0.25) is 5.02 Å². The van der Waals surface area contributed by atoms with Gasteiger partial charge in [-0.25, -0.2) is 0 Å². The maximum absolute atomic E-state index is 12.7. The summed E-state index contributed by atoms with van der Waals surface area (Å²) in [5, 5.41) is 5.95. The van der Waals surface area contributed by atoms with Crippen LogP contribution in [0.1, 0.15) is 30.5 Å². The number of carbonyl (C=O) groups excluding carboxylic acids is 3. The van der Waals surface area contributed by atoms with Gasteiger partial charge < -0.3 is 20.3 Å². The number of rotatable bonds is 8. The summed E-state index contributed by atoms with van der Waals surface area (Å²) in [6.45, 7) is 3.21. The van der Waals surface area contributed by atoms with Crippen molar-refractivity contribution < 1.29 is 19.1 Å². The molecule has 0 saturated heterocycles. The molecule has 3 amide bonds. The maximum Gasteiger partial charge on any atom is 0.244 e. The lowest BCUT2D eigenvalue weighted by Crippen LogP contribution is -2.38. The molecule has 1 atom stereocenters. The number of ether oxygens (including phenoxy) is 1. The number of amides is 3. The number of benzene rings is 2. The second-order valence-electron chi connectivity index (χ2n) is 7.01. The first kappa shape index (κ1) is 23.2. The molecule has 2 N–H and O–H groups in total. The molecule has 30 heavy (non-hydrogen) atoms. The Morgan fingerprint density at radius 1 is 1.13 bits per heavy atom. The predicted molar refractivity (Wildman–Crippen MR) is 117 cm³/mol. The Bertz CT molecular complexity index is 915. The summed E-state index contributed by atoms with van der Waals surface area (Å²) in [7, 11) is 3.03. The van der Waals surface area contributed by atoms with Crippen LogP contribution in [0, 0.1) is 6.92 Å². The predicted octanol–water partition coefficient (Wildman–Crippen LogP) is 3.32. The first-order valence-electron chi connectivity index (χ1n) is 9.40. The minimum Gasteiger partial charge on any atom is -0.495 e. The molecule has 2 aromatic carbocycles. The quantitative estimate of drug-likeness (QED) is 0.671. The lowest BCUT2D eigenvalue weighted by molar-refractivity contribution is -0.134. The number of halogens is 1. The number of anilines is 1. The number of hydrogen-bond donors (Lipinski definition) is 2. The summed E-state index contributed by atoms with van der Waals surface area (Å²) in [6, 6.07) is 12.0. The van der Waals surface area contributed by atoms with Crippen LogP contribution < -0.4 is 15.4 Å². The highest BCUT2D eigenvalue weighted by atomic mass is 35.5. The number of aryl methyl sites for hydroxylation is 1. The third-order valence-electron chi connectivity index (χ3n) is 4.48. The highest BCUT2D eigenvalue weighted by Gasteiger charge is 2.21. The van der Waals surface area contributed by atoms with Crippen LogP contribution >= 0.6 is 11.6 Å². The van der Waals surface area contributed by atoms with Gasteiger partial charge in [0.15, 0.2) is 0 Å². The van der Waals surface area contributed by atoms with Crippen molar-refractivity contribution in [3.8, 4) is 5.75 Å². The summed E-state index contributed by atoms with van der Waals surface area (Å²) >= 11 is 5.97. The monoisotopic (exact) mass is 431 g/mol. The summed E-state index contributed by atoms with van der Waals surface area (Å²) in [6.07, 6.45) is 0.0346. The normalized spacial score (nSPS) is 11.4. The number of methoxy groups -OCH3 is 1. The van der Waals surface area contributed by atoms with E-state index in [-0.39, 0.29) is 24.8 Å². The van der Waals surface area contributed by atoms with E-state index >= 15 is 0 Å². The van der Waals surface area contributed by atoms with Crippen LogP contribution in [0.4, 0.5) is 5.69 Å². The molecule has 0 bridgehead atoms. The van der Waals surface area contributed by atoms with Gasteiger partial charge in [0.1, 0.15) is 5.75 Å². The zero-order valence-electron chi connectivity index (χ0n) is 17.5. The lowest BCUT2D eigenvalue weighted by atomic mass is 10.0. The highest BCUT2D eigenvalue weighted by molar-refractivity contribution is 6.31. The molecule has 160 valence electrons. The Hall–Kier alpha value is -3.06. The molecule has 0 radical (unpaired) electrons. The lowest BCUT2D eigenvalue weighted by Gasteiger charge is -2.22. The van der Waals surface area contributed by atoms with E-state index in [4.69, 9.17) is 16.3 Å². The number of hydrogen-bond acceptors (Lipinski definition) is 4. The number of nitrogens with zero attached hydrogens (tertiary/aromatic N) is 1. The maximum atomic E-state index is 12.7. The molecule has 0 aliphatic rings. The Kier molecular flexibility index (Phi) is 8.24. The SMILES string of the molecule is COc1ccc(Cl)cc1NC(=O)CN(C)C(=O)CC(NC(C)=O)c1ccc(C)cc1. The van der Waals surface area contributed by atoms with Crippen molar-refractivity contribution in [2.24, 2.45) is 0 Å². The van der Waals surface area contributed by atoms with E-state index in [0.717, 1.165) is 11.1 Å². The van der Waals surface area contributed by atoms with Crippen LogP contribution in [0.15, 0.2) is 42.5 Å². The molecule has 8 heteroatoms. The van der Waals surface area contributed by atoms with Crippen LogP contribution in [0.25, 0.3) is 0 Å². The topological polar surface area (TPSA) is 87.7 Å². The van der Waals surface area contributed by atoms with E-state index < -0.39 is 11.9 Å². The summed E-state index contributed by atoms with van der Waals surface area (Å²) in [4.78, 5) is 38.0. The van der Waals surface area contributed by atoms with Crippen molar-refractivity contribution >= 4 is 35.0 Å². The molecule has 0 aliphatic heterocycles. The molecule has 2 rings (SSSR count). The average Bonchev–Trinajstić information content (AvgIpc) is 2.67. The molecule has 7 nitrogen and oxygen atoms in total. The van der Waals surface area contributed by atoms with Gasteiger partial charge in [0, 0.05) is 19.0 Å². The third kappa shape index (κ3) is 6.77. The smallest absolute Gasteiger partial charge is 0.244 e. The Balaban J connectivity index is 2.02. The number of nitrogens with one attached hydrogen (secondary N) is 2. The first-order chi connectivity index (χ1) is 14.2. The van der Waals surface area contributed by atoms with Gasteiger partial charge in [0.05, 0.1) is 31.8 Å². The van der Waals surface area contributed by atoms with Crippen molar-refractivity contribution in [3.63, 3.8) is 0 Å². The zero-order valence-corrected chi connectivity index (χ0v) is 18.2. The van der Waals surface area contributed by atoms with Gasteiger partial charge >= 0.3 is 0 Å². The van der Waals surface area contributed by atoms with E-state index in [2.05, 4.69) is 10.6 Å². The summed E-state index contributed by atoms with van der Waals surface area (Å²) < 4.78 is 5.21. The Labute approximate surface area is 181 Å². The van der Waals surface area contributed by atoms with Crippen LogP contribution in [0.3, 0.4) is 0 Å². The van der Waals surface area contributed by atoms with Gasteiger partial charge in [-0.2, -0.15) is 0 Å². The fourth-order valence-electron chi connectivity index (χ4n) is 2.90. The summed E-state index contributed by atoms with van der Waals surface area (Å²) in [5.74, 6) is -0.436. The third-order valence-corrected chi connectivity index (χ3v) is 4.71. The molecule has 0 fully saturated rings. The largest absolute Gasteiger partial charge is 0.495 e.